The lowest BCUT2D eigenvalue weighted by Crippen LogP contribution is -2.44. The van der Waals surface area contributed by atoms with Gasteiger partial charge < -0.3 is 15.2 Å². The van der Waals surface area contributed by atoms with Gasteiger partial charge in [0.1, 0.15) is 17.1 Å². The Labute approximate surface area is 177 Å². The van der Waals surface area contributed by atoms with Gasteiger partial charge in [0.15, 0.2) is 11.8 Å². The van der Waals surface area contributed by atoms with Gasteiger partial charge >= 0.3 is 5.97 Å². The van der Waals surface area contributed by atoms with Gasteiger partial charge in [0, 0.05) is 6.20 Å². The van der Waals surface area contributed by atoms with Crippen molar-refractivity contribution in [3.8, 4) is 5.75 Å². The van der Waals surface area contributed by atoms with Crippen molar-refractivity contribution >= 4 is 35.4 Å². The zero-order valence-electron chi connectivity index (χ0n) is 16.6. The molecule has 0 spiro atoms. The van der Waals surface area contributed by atoms with Gasteiger partial charge in [0.25, 0.3) is 5.91 Å². The zero-order valence-corrected chi connectivity index (χ0v) is 17.5. The monoisotopic (exact) mass is 433 g/mol. The topological polar surface area (TPSA) is 146 Å². The van der Waals surface area contributed by atoms with Crippen LogP contribution in [0.2, 0.25) is 0 Å². The highest BCUT2D eigenvalue weighted by Crippen LogP contribution is 2.17. The first kappa shape index (κ1) is 22.9. The summed E-state index contributed by atoms with van der Waals surface area (Å²) in [5.74, 6) is -1.15. The van der Waals surface area contributed by atoms with E-state index in [9.17, 15) is 14.4 Å². The highest BCUT2D eigenvalue weighted by atomic mass is 32.2. The molecule has 10 nitrogen and oxygen atoms in total. The first-order valence-electron chi connectivity index (χ1n) is 9.14. The summed E-state index contributed by atoms with van der Waals surface area (Å²) in [6.07, 6.45) is 2.16. The summed E-state index contributed by atoms with van der Waals surface area (Å²) in [4.78, 5) is 43.2. The van der Waals surface area contributed by atoms with E-state index in [1.165, 1.54) is 6.20 Å². The number of carbonyl (C=O) groups is 3. The van der Waals surface area contributed by atoms with Crippen LogP contribution in [0.25, 0.3) is 0 Å². The molecule has 2 amide bonds. The van der Waals surface area contributed by atoms with Crippen LogP contribution < -0.4 is 21.3 Å². The largest absolute Gasteiger partial charge is 0.484 e. The Morgan fingerprint density at radius 1 is 1.10 bits per heavy atom. The second-order valence-corrected chi connectivity index (χ2v) is 6.79. The van der Waals surface area contributed by atoms with Crippen LogP contribution >= 0.6 is 11.8 Å². The lowest BCUT2D eigenvalue weighted by molar-refractivity contribution is -0.128. The molecule has 160 valence electrons. The predicted molar refractivity (Wildman–Crippen MR) is 111 cm³/mol. The molecule has 2 rings (SSSR count). The SMILES string of the molecule is CCOC(=O)c1cnc(SCC(=O)NNC(=O)COc2ccc(CC)cc2)nc1N. The fourth-order valence-electron chi connectivity index (χ4n) is 2.13. The number of hydrogen-bond acceptors (Lipinski definition) is 9. The normalized spacial score (nSPS) is 10.2. The van der Waals surface area contributed by atoms with Gasteiger partial charge in [-0.1, -0.05) is 30.8 Å². The van der Waals surface area contributed by atoms with E-state index in [-0.39, 0.29) is 35.5 Å². The molecule has 0 aliphatic heterocycles. The van der Waals surface area contributed by atoms with Crippen molar-refractivity contribution in [2.24, 2.45) is 0 Å². The third-order valence-corrected chi connectivity index (χ3v) is 4.53. The lowest BCUT2D eigenvalue weighted by Gasteiger charge is -2.09. The summed E-state index contributed by atoms with van der Waals surface area (Å²) >= 11 is 0.993. The minimum atomic E-state index is -0.615. The molecule has 4 N–H and O–H groups in total. The number of thioether (sulfide) groups is 1. The maximum absolute atomic E-state index is 11.9. The quantitative estimate of drug-likeness (QED) is 0.229. The van der Waals surface area contributed by atoms with Gasteiger partial charge in [0.05, 0.1) is 12.4 Å². The summed E-state index contributed by atoms with van der Waals surface area (Å²) in [7, 11) is 0. The van der Waals surface area contributed by atoms with Crippen molar-refractivity contribution in [1.29, 1.82) is 0 Å². The molecule has 0 radical (unpaired) electrons. The fourth-order valence-corrected chi connectivity index (χ4v) is 2.75. The summed E-state index contributed by atoms with van der Waals surface area (Å²) in [5, 5.41) is 0.209. The molecule has 1 aromatic carbocycles. The van der Waals surface area contributed by atoms with Crippen LogP contribution in [0.3, 0.4) is 0 Å². The van der Waals surface area contributed by atoms with Crippen molar-refractivity contribution in [3.05, 3.63) is 41.6 Å². The Kier molecular flexibility index (Phi) is 8.88. The van der Waals surface area contributed by atoms with E-state index in [4.69, 9.17) is 15.2 Å². The highest BCUT2D eigenvalue weighted by Gasteiger charge is 2.14. The maximum Gasteiger partial charge on any atom is 0.343 e. The van der Waals surface area contributed by atoms with Crippen molar-refractivity contribution in [2.75, 3.05) is 24.7 Å². The molecular weight excluding hydrogens is 410 g/mol. The summed E-state index contributed by atoms with van der Waals surface area (Å²) in [6.45, 7) is 3.68. The number of nitrogens with zero attached hydrogens (tertiary/aromatic N) is 2. The van der Waals surface area contributed by atoms with E-state index in [0.29, 0.717) is 5.75 Å². The highest BCUT2D eigenvalue weighted by molar-refractivity contribution is 7.99. The van der Waals surface area contributed by atoms with Crippen molar-refractivity contribution < 1.29 is 23.9 Å². The van der Waals surface area contributed by atoms with Crippen LogP contribution in [-0.4, -0.2) is 46.7 Å². The first-order valence-corrected chi connectivity index (χ1v) is 10.1. The molecule has 11 heteroatoms. The van der Waals surface area contributed by atoms with Crippen LogP contribution in [0.4, 0.5) is 5.82 Å². The molecule has 0 bridgehead atoms. The number of aryl methyl sites for hydroxylation is 1. The number of nitrogens with two attached hydrogens (primary N) is 1. The molecule has 0 aliphatic carbocycles. The molecule has 0 unspecified atom stereocenters. The Morgan fingerprint density at radius 3 is 2.43 bits per heavy atom. The number of nitrogens with one attached hydrogen (secondary N) is 2. The number of benzene rings is 1. The number of nitrogen functional groups attached to an aromatic ring is 1. The van der Waals surface area contributed by atoms with E-state index in [1.54, 1.807) is 19.1 Å². The summed E-state index contributed by atoms with van der Waals surface area (Å²) in [5.41, 5.74) is 11.5. The third-order valence-electron chi connectivity index (χ3n) is 3.67. The van der Waals surface area contributed by atoms with E-state index >= 15 is 0 Å². The molecule has 2 aromatic rings. The number of hydrogen-bond donors (Lipinski definition) is 3. The van der Waals surface area contributed by atoms with E-state index in [0.717, 1.165) is 23.7 Å². The molecule has 30 heavy (non-hydrogen) atoms. The summed E-state index contributed by atoms with van der Waals surface area (Å²) in [6, 6.07) is 7.39. The van der Waals surface area contributed by atoms with E-state index < -0.39 is 17.8 Å². The molecule has 0 atom stereocenters. The maximum atomic E-state index is 11.9. The lowest BCUT2D eigenvalue weighted by atomic mass is 10.2. The smallest absolute Gasteiger partial charge is 0.343 e. The fraction of sp³-hybridized carbons (Fsp3) is 0.316. The van der Waals surface area contributed by atoms with Gasteiger partial charge in [-0.05, 0) is 31.0 Å². The van der Waals surface area contributed by atoms with Crippen molar-refractivity contribution in [2.45, 2.75) is 25.4 Å². The molecule has 0 aliphatic rings. The Hall–Kier alpha value is -3.34. The minimum Gasteiger partial charge on any atom is -0.484 e. The molecular formula is C19H23N5O5S. The van der Waals surface area contributed by atoms with Gasteiger partial charge in [-0.25, -0.2) is 14.8 Å². The second-order valence-electron chi connectivity index (χ2n) is 5.84. The van der Waals surface area contributed by atoms with Crippen LogP contribution in [-0.2, 0) is 20.7 Å². The number of carbonyl (C=O) groups excluding carboxylic acids is 3. The average molecular weight is 433 g/mol. The number of rotatable bonds is 9. The molecule has 0 saturated carbocycles. The molecule has 0 fully saturated rings. The van der Waals surface area contributed by atoms with Gasteiger partial charge in [0.2, 0.25) is 5.91 Å². The Balaban J connectivity index is 1.71. The van der Waals surface area contributed by atoms with Gasteiger partial charge in [-0.3, -0.25) is 20.4 Å². The summed E-state index contributed by atoms with van der Waals surface area (Å²) < 4.78 is 10.2. The van der Waals surface area contributed by atoms with E-state index in [1.807, 2.05) is 19.1 Å². The molecule has 0 saturated heterocycles. The van der Waals surface area contributed by atoms with Crippen molar-refractivity contribution in [1.82, 2.24) is 20.8 Å². The van der Waals surface area contributed by atoms with Crippen LogP contribution in [0.1, 0.15) is 29.8 Å². The van der Waals surface area contributed by atoms with Crippen LogP contribution in [0.15, 0.2) is 35.6 Å². The first-order chi connectivity index (χ1) is 14.4. The molecule has 1 heterocycles. The number of esters is 1. The Morgan fingerprint density at radius 2 is 1.80 bits per heavy atom. The predicted octanol–water partition coefficient (Wildman–Crippen LogP) is 1.12. The second kappa shape index (κ2) is 11.6. The van der Waals surface area contributed by atoms with Crippen molar-refractivity contribution in [3.63, 3.8) is 0 Å². The van der Waals surface area contributed by atoms with Gasteiger partial charge in [-0.2, -0.15) is 0 Å². The van der Waals surface area contributed by atoms with Gasteiger partial charge in [-0.15, -0.1) is 0 Å². The van der Waals surface area contributed by atoms with E-state index in [2.05, 4.69) is 20.8 Å². The Bertz CT molecular complexity index is 891. The number of aromatic nitrogens is 2. The standard InChI is InChI=1S/C19H23N5O5S/c1-3-12-5-7-13(8-6-12)29-10-15(25)23-24-16(26)11-30-19-21-9-14(17(20)22-19)18(27)28-4-2/h5-9H,3-4,10-11H2,1-2H3,(H,23,25)(H,24,26)(H2,20,21,22). The third kappa shape index (κ3) is 7.24. The number of anilines is 1. The zero-order chi connectivity index (χ0) is 21.9. The number of ether oxygens (including phenoxy) is 2. The molecule has 1 aromatic heterocycles. The minimum absolute atomic E-state index is 0.0382. The van der Waals surface area contributed by atoms with Crippen LogP contribution in [0.5, 0.6) is 5.75 Å². The average Bonchev–Trinajstić information content (AvgIpc) is 2.75. The number of hydrazine groups is 1. The number of amides is 2. The van der Waals surface area contributed by atoms with Crippen LogP contribution in [0, 0.1) is 0 Å².